The van der Waals surface area contributed by atoms with Crippen molar-refractivity contribution in [2.75, 3.05) is 58.2 Å². The number of benzene rings is 2. The van der Waals surface area contributed by atoms with E-state index < -0.39 is 22.4 Å². The van der Waals surface area contributed by atoms with Crippen molar-refractivity contribution in [1.82, 2.24) is 29.0 Å². The smallest absolute Gasteiger partial charge is 0.410 e. The molecule has 3 amide bonds. The number of para-hydroxylation sites is 1. The van der Waals surface area contributed by atoms with Crippen LogP contribution in [0.5, 0.6) is 0 Å². The molecule has 0 saturated carbocycles. The summed E-state index contributed by atoms with van der Waals surface area (Å²) in [6.07, 6.45) is 7.88. The molecule has 0 unspecified atom stereocenters. The minimum absolute atomic E-state index is 0.00711. The van der Waals surface area contributed by atoms with Crippen molar-refractivity contribution in [3.8, 4) is 0 Å². The van der Waals surface area contributed by atoms with E-state index >= 15 is 0 Å². The molecule has 15 heteroatoms. The number of amides is 3. The van der Waals surface area contributed by atoms with Crippen LogP contribution < -0.4 is 10.5 Å². The fraction of sp³-hybridized carbons (Fsp3) is 0.541. The zero-order valence-corrected chi connectivity index (χ0v) is 30.6. The maximum atomic E-state index is 14.1. The van der Waals surface area contributed by atoms with Gasteiger partial charge in [-0.25, -0.2) is 9.93 Å². The summed E-state index contributed by atoms with van der Waals surface area (Å²) < 4.78 is 30.9. The zero-order valence-electron chi connectivity index (χ0n) is 29.8. The summed E-state index contributed by atoms with van der Waals surface area (Å²) in [5.74, 6) is 0.542. The fourth-order valence-electron chi connectivity index (χ4n) is 8.06. The van der Waals surface area contributed by atoms with Crippen LogP contribution in [0, 0.1) is 11.8 Å². The first-order chi connectivity index (χ1) is 25.1. The standard InChI is InChI=1S/C37H50N8O6S/c1-39-32-5-3-2-4-30(32)10-19-44(26-46)31-13-20-43(21-14-31)37(48)51-35(25-27-6-7-33-34(24-27)41-16-15-40-33)36(47)42-17-8-28(9-18-42)29-11-22-45(23-12-29)52(38,49)50/h2-7,15-16,24,26,28-29,31,35,39H,8-14,17-23,25H2,1H3,(H2,38,49,50)/t35-/m1/s1. The van der Waals surface area contributed by atoms with E-state index in [0.717, 1.165) is 60.8 Å². The van der Waals surface area contributed by atoms with Gasteiger partial charge < -0.3 is 24.8 Å². The van der Waals surface area contributed by atoms with Gasteiger partial charge in [0, 0.05) is 83.4 Å². The number of nitrogens with two attached hydrogens (primary N) is 1. The Hall–Kier alpha value is -4.34. The van der Waals surface area contributed by atoms with Crippen molar-refractivity contribution < 1.29 is 27.5 Å². The van der Waals surface area contributed by atoms with E-state index in [2.05, 4.69) is 21.4 Å². The summed E-state index contributed by atoms with van der Waals surface area (Å²) in [7, 11) is -1.79. The van der Waals surface area contributed by atoms with Gasteiger partial charge in [0.1, 0.15) is 0 Å². The summed E-state index contributed by atoms with van der Waals surface area (Å²) in [6.45, 7) is 3.35. The highest BCUT2D eigenvalue weighted by molar-refractivity contribution is 7.86. The predicted molar refractivity (Wildman–Crippen MR) is 197 cm³/mol. The number of nitrogens with one attached hydrogen (secondary N) is 1. The van der Waals surface area contributed by atoms with E-state index in [0.29, 0.717) is 76.0 Å². The summed E-state index contributed by atoms with van der Waals surface area (Å²) in [4.78, 5) is 53.9. The highest BCUT2D eigenvalue weighted by Crippen LogP contribution is 2.33. The Labute approximate surface area is 305 Å². The van der Waals surface area contributed by atoms with E-state index in [1.54, 1.807) is 22.2 Å². The average molecular weight is 735 g/mol. The van der Waals surface area contributed by atoms with Crippen molar-refractivity contribution in [3.63, 3.8) is 0 Å². The molecule has 3 saturated heterocycles. The maximum absolute atomic E-state index is 14.1. The minimum atomic E-state index is -3.68. The second kappa shape index (κ2) is 17.0. The summed E-state index contributed by atoms with van der Waals surface area (Å²) in [6, 6.07) is 13.7. The SMILES string of the molecule is CNc1ccccc1CCN(C=O)C1CCN(C(=O)O[C@H](Cc2ccc3nccnc3c2)C(=O)N2CCC(C3CCN(S(N)(=O)=O)CC3)CC2)CC1. The lowest BCUT2D eigenvalue weighted by Crippen LogP contribution is -2.51. The van der Waals surface area contributed by atoms with Crippen molar-refractivity contribution in [3.05, 3.63) is 66.0 Å². The largest absolute Gasteiger partial charge is 0.436 e. The molecule has 280 valence electrons. The second-order valence-corrected chi connectivity index (χ2v) is 15.7. The first-order valence-electron chi connectivity index (χ1n) is 18.3. The van der Waals surface area contributed by atoms with E-state index in [1.165, 1.54) is 4.31 Å². The number of anilines is 1. The van der Waals surface area contributed by atoms with Crippen LogP contribution in [0.1, 0.15) is 49.7 Å². The highest BCUT2D eigenvalue weighted by atomic mass is 32.2. The van der Waals surface area contributed by atoms with E-state index in [-0.39, 0.29) is 18.4 Å². The van der Waals surface area contributed by atoms with Gasteiger partial charge in [0.2, 0.25) is 6.41 Å². The molecule has 3 aromatic rings. The van der Waals surface area contributed by atoms with Crippen LogP contribution in [0.4, 0.5) is 10.5 Å². The number of fused-ring (bicyclic) bond motifs is 1. The lowest BCUT2D eigenvalue weighted by molar-refractivity contribution is -0.142. The van der Waals surface area contributed by atoms with E-state index in [1.807, 2.05) is 48.3 Å². The third-order valence-corrected chi connectivity index (χ3v) is 12.2. The van der Waals surface area contributed by atoms with Crippen LogP contribution >= 0.6 is 0 Å². The van der Waals surface area contributed by atoms with Gasteiger partial charge in [-0.2, -0.15) is 12.7 Å². The third-order valence-electron chi connectivity index (χ3n) is 11.1. The molecule has 3 aliphatic rings. The number of carbonyl (C=O) groups excluding carboxylic acids is 3. The molecule has 14 nitrogen and oxygen atoms in total. The lowest BCUT2D eigenvalue weighted by Gasteiger charge is -2.40. The number of rotatable bonds is 12. The summed E-state index contributed by atoms with van der Waals surface area (Å²) in [5, 5.41) is 8.54. The van der Waals surface area contributed by atoms with Crippen LogP contribution in [0.3, 0.4) is 0 Å². The quantitative estimate of drug-likeness (QED) is 0.266. The Morgan fingerprint density at radius 1 is 0.923 bits per heavy atom. The van der Waals surface area contributed by atoms with E-state index in [4.69, 9.17) is 9.88 Å². The van der Waals surface area contributed by atoms with Gasteiger partial charge in [-0.15, -0.1) is 0 Å². The topological polar surface area (TPSA) is 171 Å². The third kappa shape index (κ3) is 9.17. The van der Waals surface area contributed by atoms with Crippen molar-refractivity contribution in [2.45, 2.75) is 63.5 Å². The van der Waals surface area contributed by atoms with E-state index in [9.17, 15) is 22.8 Å². The molecule has 1 atom stereocenters. The Kier molecular flexibility index (Phi) is 12.2. The van der Waals surface area contributed by atoms with Crippen LogP contribution in [0.2, 0.25) is 0 Å². The number of nitrogens with zero attached hydrogens (tertiary/aromatic N) is 6. The minimum Gasteiger partial charge on any atom is -0.436 e. The molecule has 0 spiro atoms. The molecule has 4 heterocycles. The van der Waals surface area contributed by atoms with Crippen LogP contribution in [0.15, 0.2) is 54.9 Å². The van der Waals surface area contributed by atoms with Gasteiger partial charge >= 0.3 is 6.09 Å². The maximum Gasteiger partial charge on any atom is 0.410 e. The average Bonchev–Trinajstić information content (AvgIpc) is 3.17. The van der Waals surface area contributed by atoms with Gasteiger partial charge in [-0.1, -0.05) is 24.3 Å². The Morgan fingerprint density at radius 2 is 1.56 bits per heavy atom. The van der Waals surface area contributed by atoms with Gasteiger partial charge in [0.05, 0.1) is 11.0 Å². The first-order valence-corrected chi connectivity index (χ1v) is 19.8. The second-order valence-electron chi connectivity index (χ2n) is 14.1. The number of likely N-dealkylation sites (tertiary alicyclic amines) is 2. The van der Waals surface area contributed by atoms with Gasteiger partial charge in [-0.05, 0) is 86.1 Å². The van der Waals surface area contributed by atoms with Crippen molar-refractivity contribution in [2.24, 2.45) is 17.0 Å². The number of piperidine rings is 3. The van der Waals surface area contributed by atoms with Gasteiger partial charge in [0.25, 0.3) is 16.1 Å². The Bertz CT molecular complexity index is 1800. The summed E-state index contributed by atoms with van der Waals surface area (Å²) in [5.41, 5.74) is 4.43. The van der Waals surface area contributed by atoms with Crippen LogP contribution in [-0.2, 0) is 37.4 Å². The number of carbonyl (C=O) groups is 3. The fourth-order valence-corrected chi connectivity index (χ4v) is 8.78. The number of hydrogen-bond donors (Lipinski definition) is 2. The first kappa shape index (κ1) is 37.4. The lowest BCUT2D eigenvalue weighted by atomic mass is 9.79. The molecule has 1 aromatic heterocycles. The molecular weight excluding hydrogens is 685 g/mol. The normalized spacial score (nSPS) is 19.0. The van der Waals surface area contributed by atoms with Gasteiger partial charge in [0.15, 0.2) is 6.10 Å². The highest BCUT2D eigenvalue weighted by Gasteiger charge is 2.37. The van der Waals surface area contributed by atoms with Crippen molar-refractivity contribution in [1.29, 1.82) is 0 Å². The molecule has 52 heavy (non-hydrogen) atoms. The van der Waals surface area contributed by atoms with Gasteiger partial charge in [-0.3, -0.25) is 19.6 Å². The monoisotopic (exact) mass is 734 g/mol. The molecule has 0 aliphatic carbocycles. The van der Waals surface area contributed by atoms with Crippen LogP contribution in [-0.4, -0.2) is 121 Å². The number of ether oxygens (including phenoxy) is 1. The molecule has 6 rings (SSSR count). The number of aromatic nitrogens is 2. The molecule has 3 aliphatic heterocycles. The molecule has 3 fully saturated rings. The molecule has 3 N–H and O–H groups in total. The Morgan fingerprint density at radius 3 is 2.21 bits per heavy atom. The van der Waals surface area contributed by atoms with Crippen molar-refractivity contribution >= 4 is 45.3 Å². The number of hydrogen-bond acceptors (Lipinski definition) is 9. The predicted octanol–water partition coefficient (Wildman–Crippen LogP) is 3.04. The molecule has 0 radical (unpaired) electrons. The molecule has 2 aromatic carbocycles. The molecular formula is C37H50N8O6S. The Balaban J connectivity index is 1.07. The molecule has 0 bridgehead atoms. The zero-order chi connectivity index (χ0) is 36.7. The summed E-state index contributed by atoms with van der Waals surface area (Å²) >= 11 is 0. The van der Waals surface area contributed by atoms with Crippen LogP contribution in [0.25, 0.3) is 11.0 Å².